The van der Waals surface area contributed by atoms with Crippen LogP contribution in [0.3, 0.4) is 0 Å². The molecule has 1 aromatic rings. The van der Waals surface area contributed by atoms with E-state index < -0.39 is 10.0 Å². The Bertz CT molecular complexity index is 584. The van der Waals surface area contributed by atoms with E-state index in [0.717, 1.165) is 12.8 Å². The van der Waals surface area contributed by atoms with Gasteiger partial charge in [0.05, 0.1) is 7.11 Å². The van der Waals surface area contributed by atoms with Gasteiger partial charge >= 0.3 is 0 Å². The highest BCUT2D eigenvalue weighted by Crippen LogP contribution is 2.34. The largest absolute Gasteiger partial charge is 0.495 e. The number of rotatable bonds is 4. The van der Waals surface area contributed by atoms with Crippen LogP contribution in [0.4, 0.5) is 5.69 Å². The highest BCUT2D eigenvalue weighted by Gasteiger charge is 2.38. The molecule has 5 nitrogen and oxygen atoms in total. The second kappa shape index (κ2) is 5.61. The van der Waals surface area contributed by atoms with Gasteiger partial charge in [0.15, 0.2) is 0 Å². The SMILES string of the molecule is COc1cc(N)ccc1S(=O)(=O)N1CCCC1C(C)C. The van der Waals surface area contributed by atoms with Crippen molar-refractivity contribution in [1.82, 2.24) is 4.31 Å². The molecular formula is C14H22N2O3S. The van der Waals surface area contributed by atoms with E-state index in [-0.39, 0.29) is 10.9 Å². The number of nitrogens with zero attached hydrogens (tertiary/aromatic N) is 1. The number of nitrogens with two attached hydrogens (primary N) is 1. The minimum atomic E-state index is -3.54. The minimum absolute atomic E-state index is 0.0576. The number of benzene rings is 1. The maximum atomic E-state index is 12.8. The zero-order chi connectivity index (χ0) is 14.9. The van der Waals surface area contributed by atoms with Crippen LogP contribution >= 0.6 is 0 Å². The van der Waals surface area contributed by atoms with E-state index in [4.69, 9.17) is 10.5 Å². The monoisotopic (exact) mass is 298 g/mol. The number of hydrogen-bond donors (Lipinski definition) is 1. The molecule has 1 aromatic carbocycles. The Balaban J connectivity index is 2.45. The van der Waals surface area contributed by atoms with Gasteiger partial charge in [0.2, 0.25) is 10.0 Å². The lowest BCUT2D eigenvalue weighted by molar-refractivity contribution is 0.313. The molecule has 0 spiro atoms. The van der Waals surface area contributed by atoms with Crippen molar-refractivity contribution in [3.63, 3.8) is 0 Å². The first kappa shape index (κ1) is 15.1. The highest BCUT2D eigenvalue weighted by atomic mass is 32.2. The Hall–Kier alpha value is -1.27. The van der Waals surface area contributed by atoms with Crippen LogP contribution in [-0.4, -0.2) is 32.4 Å². The lowest BCUT2D eigenvalue weighted by Crippen LogP contribution is -2.38. The molecule has 20 heavy (non-hydrogen) atoms. The molecule has 2 N–H and O–H groups in total. The molecular weight excluding hydrogens is 276 g/mol. The summed E-state index contributed by atoms with van der Waals surface area (Å²) >= 11 is 0. The number of hydrogen-bond acceptors (Lipinski definition) is 4. The van der Waals surface area contributed by atoms with Crippen molar-refractivity contribution in [1.29, 1.82) is 0 Å². The van der Waals surface area contributed by atoms with Crippen molar-refractivity contribution in [3.05, 3.63) is 18.2 Å². The van der Waals surface area contributed by atoms with Gasteiger partial charge in [-0.25, -0.2) is 8.42 Å². The van der Waals surface area contributed by atoms with Gasteiger partial charge in [-0.1, -0.05) is 13.8 Å². The first-order valence-electron chi connectivity index (χ1n) is 6.83. The molecule has 1 unspecified atom stereocenters. The van der Waals surface area contributed by atoms with E-state index in [1.54, 1.807) is 16.4 Å². The zero-order valence-electron chi connectivity index (χ0n) is 12.2. The third-order valence-corrected chi connectivity index (χ3v) is 5.76. The summed E-state index contributed by atoms with van der Waals surface area (Å²) in [6, 6.07) is 4.73. The maximum absolute atomic E-state index is 12.8. The number of sulfonamides is 1. The average Bonchev–Trinajstić information content (AvgIpc) is 2.88. The standard InChI is InChI=1S/C14H22N2O3S/c1-10(2)12-5-4-8-16(12)20(17,18)14-7-6-11(15)9-13(14)19-3/h6-7,9-10,12H,4-5,8,15H2,1-3H3. The molecule has 0 aromatic heterocycles. The van der Waals surface area contributed by atoms with Crippen molar-refractivity contribution >= 4 is 15.7 Å². The van der Waals surface area contributed by atoms with Gasteiger partial charge in [-0.05, 0) is 30.9 Å². The fourth-order valence-electron chi connectivity index (χ4n) is 2.75. The van der Waals surface area contributed by atoms with Crippen LogP contribution in [0.25, 0.3) is 0 Å². The van der Waals surface area contributed by atoms with Crippen LogP contribution in [0.5, 0.6) is 5.75 Å². The summed E-state index contributed by atoms with van der Waals surface area (Å²) in [6.07, 6.45) is 1.81. The van der Waals surface area contributed by atoms with Crippen LogP contribution in [0.15, 0.2) is 23.1 Å². The molecule has 1 atom stereocenters. The minimum Gasteiger partial charge on any atom is -0.495 e. The highest BCUT2D eigenvalue weighted by molar-refractivity contribution is 7.89. The molecule has 1 aliphatic rings. The summed E-state index contributed by atoms with van der Waals surface area (Å²) in [5, 5.41) is 0. The molecule has 1 saturated heterocycles. The Morgan fingerprint density at radius 2 is 2.10 bits per heavy atom. The Kier molecular flexibility index (Phi) is 4.25. The predicted octanol–water partition coefficient (Wildman–Crippen LogP) is 2.09. The van der Waals surface area contributed by atoms with Crippen LogP contribution in [-0.2, 0) is 10.0 Å². The number of methoxy groups -OCH3 is 1. The molecule has 1 fully saturated rings. The topological polar surface area (TPSA) is 72.6 Å². The van der Waals surface area contributed by atoms with Crippen LogP contribution in [0.1, 0.15) is 26.7 Å². The van der Waals surface area contributed by atoms with Gasteiger partial charge in [-0.2, -0.15) is 4.31 Å². The third-order valence-electron chi connectivity index (χ3n) is 3.79. The van der Waals surface area contributed by atoms with Crippen molar-refractivity contribution in [2.24, 2.45) is 5.92 Å². The summed E-state index contributed by atoms with van der Waals surface area (Å²) < 4.78 is 32.5. The van der Waals surface area contributed by atoms with Gasteiger partial charge in [0.25, 0.3) is 0 Å². The lowest BCUT2D eigenvalue weighted by atomic mass is 10.0. The third kappa shape index (κ3) is 2.62. The second-order valence-electron chi connectivity index (χ2n) is 5.48. The fourth-order valence-corrected chi connectivity index (χ4v) is 4.72. The zero-order valence-corrected chi connectivity index (χ0v) is 13.0. The van der Waals surface area contributed by atoms with Gasteiger partial charge in [-0.3, -0.25) is 0 Å². The molecule has 2 rings (SSSR count). The van der Waals surface area contributed by atoms with Crippen molar-refractivity contribution in [3.8, 4) is 5.75 Å². The van der Waals surface area contributed by atoms with E-state index in [9.17, 15) is 8.42 Å². The quantitative estimate of drug-likeness (QED) is 0.864. The van der Waals surface area contributed by atoms with Crippen molar-refractivity contribution in [2.45, 2.75) is 37.6 Å². The summed E-state index contributed by atoms with van der Waals surface area (Å²) in [5.41, 5.74) is 6.18. The summed E-state index contributed by atoms with van der Waals surface area (Å²) in [7, 11) is -2.08. The first-order chi connectivity index (χ1) is 9.37. The average molecular weight is 298 g/mol. The molecule has 0 radical (unpaired) electrons. The molecule has 1 aliphatic heterocycles. The Morgan fingerprint density at radius 1 is 1.40 bits per heavy atom. The van der Waals surface area contributed by atoms with Crippen molar-refractivity contribution < 1.29 is 13.2 Å². The summed E-state index contributed by atoms with van der Waals surface area (Å²) in [6.45, 7) is 4.68. The molecule has 1 heterocycles. The molecule has 0 saturated carbocycles. The van der Waals surface area contributed by atoms with Crippen LogP contribution < -0.4 is 10.5 Å². The number of anilines is 1. The van der Waals surface area contributed by atoms with E-state index in [1.165, 1.54) is 13.2 Å². The summed E-state index contributed by atoms with van der Waals surface area (Å²) in [4.78, 5) is 0.196. The maximum Gasteiger partial charge on any atom is 0.247 e. The van der Waals surface area contributed by atoms with E-state index >= 15 is 0 Å². The molecule has 112 valence electrons. The molecule has 0 amide bonds. The van der Waals surface area contributed by atoms with Gasteiger partial charge in [0, 0.05) is 24.3 Å². The summed E-state index contributed by atoms with van der Waals surface area (Å²) in [5.74, 6) is 0.603. The van der Waals surface area contributed by atoms with E-state index in [1.807, 2.05) is 0 Å². The van der Waals surface area contributed by atoms with Crippen LogP contribution in [0.2, 0.25) is 0 Å². The Labute approximate surface area is 120 Å². The van der Waals surface area contributed by atoms with Gasteiger partial charge in [-0.15, -0.1) is 0 Å². The Morgan fingerprint density at radius 3 is 2.70 bits per heavy atom. The number of ether oxygens (including phenoxy) is 1. The van der Waals surface area contributed by atoms with Gasteiger partial charge < -0.3 is 10.5 Å². The van der Waals surface area contributed by atoms with E-state index in [0.29, 0.717) is 23.9 Å². The normalized spacial score (nSPS) is 20.5. The van der Waals surface area contributed by atoms with Gasteiger partial charge in [0.1, 0.15) is 10.6 Å². The lowest BCUT2D eigenvalue weighted by Gasteiger charge is -2.27. The number of nitrogen functional groups attached to an aromatic ring is 1. The van der Waals surface area contributed by atoms with Crippen molar-refractivity contribution in [2.75, 3.05) is 19.4 Å². The van der Waals surface area contributed by atoms with E-state index in [2.05, 4.69) is 13.8 Å². The van der Waals surface area contributed by atoms with Crippen LogP contribution in [0, 0.1) is 5.92 Å². The second-order valence-corrected chi connectivity index (χ2v) is 7.34. The first-order valence-corrected chi connectivity index (χ1v) is 8.27. The molecule has 0 aliphatic carbocycles. The fraction of sp³-hybridized carbons (Fsp3) is 0.571. The smallest absolute Gasteiger partial charge is 0.247 e. The molecule has 0 bridgehead atoms. The predicted molar refractivity (Wildman–Crippen MR) is 79.2 cm³/mol. The molecule has 6 heteroatoms.